The summed E-state index contributed by atoms with van der Waals surface area (Å²) in [5.74, 6) is 4.63. The zero-order chi connectivity index (χ0) is 12.9. The highest BCUT2D eigenvalue weighted by molar-refractivity contribution is 7.92. The van der Waals surface area contributed by atoms with Gasteiger partial charge in [0, 0.05) is 0 Å². The highest BCUT2D eigenvalue weighted by Gasteiger charge is 2.10. The third-order valence-electron chi connectivity index (χ3n) is 1.95. The molecular weight excluding hydrogens is 243 g/mol. The number of hydrogen-bond donors (Lipinski definition) is 2. The SMILES string of the molecule is CCS(=O)(=O)Nc1ccc(F)cc1C#CCN. The maximum atomic E-state index is 13.0. The van der Waals surface area contributed by atoms with Gasteiger partial charge in [-0.15, -0.1) is 0 Å². The summed E-state index contributed by atoms with van der Waals surface area (Å²) >= 11 is 0. The van der Waals surface area contributed by atoms with Crippen LogP contribution >= 0.6 is 0 Å². The topological polar surface area (TPSA) is 72.2 Å². The van der Waals surface area contributed by atoms with Crippen molar-refractivity contribution >= 4 is 15.7 Å². The van der Waals surface area contributed by atoms with Gasteiger partial charge in [0.15, 0.2) is 0 Å². The second-order valence-corrected chi connectivity index (χ2v) is 5.21. The molecule has 0 heterocycles. The van der Waals surface area contributed by atoms with Crippen LogP contribution in [0.15, 0.2) is 18.2 Å². The first kappa shape index (κ1) is 13.5. The maximum absolute atomic E-state index is 13.0. The molecule has 1 rings (SSSR count). The Labute approximate surface area is 100 Å². The first-order valence-electron chi connectivity index (χ1n) is 4.97. The van der Waals surface area contributed by atoms with Crippen molar-refractivity contribution in [1.29, 1.82) is 0 Å². The van der Waals surface area contributed by atoms with Gasteiger partial charge < -0.3 is 5.73 Å². The van der Waals surface area contributed by atoms with Crippen LogP contribution in [0, 0.1) is 17.7 Å². The van der Waals surface area contributed by atoms with Crippen molar-refractivity contribution in [1.82, 2.24) is 0 Å². The molecule has 0 spiro atoms. The summed E-state index contributed by atoms with van der Waals surface area (Å²) in [7, 11) is -3.40. The van der Waals surface area contributed by atoms with Crippen LogP contribution in [-0.4, -0.2) is 20.7 Å². The molecule has 1 aromatic carbocycles. The van der Waals surface area contributed by atoms with E-state index in [9.17, 15) is 12.8 Å². The molecular formula is C11H13FN2O2S. The van der Waals surface area contributed by atoms with Gasteiger partial charge in [0.2, 0.25) is 10.0 Å². The van der Waals surface area contributed by atoms with Gasteiger partial charge in [0.25, 0.3) is 0 Å². The van der Waals surface area contributed by atoms with Crippen molar-refractivity contribution in [3.63, 3.8) is 0 Å². The van der Waals surface area contributed by atoms with Gasteiger partial charge in [-0.05, 0) is 25.1 Å². The monoisotopic (exact) mass is 256 g/mol. The summed E-state index contributed by atoms with van der Waals surface area (Å²) in [4.78, 5) is 0. The number of nitrogens with one attached hydrogen (secondary N) is 1. The number of hydrogen-bond acceptors (Lipinski definition) is 3. The highest BCUT2D eigenvalue weighted by atomic mass is 32.2. The van der Waals surface area contributed by atoms with E-state index in [1.54, 1.807) is 0 Å². The van der Waals surface area contributed by atoms with Crippen molar-refractivity contribution in [2.45, 2.75) is 6.92 Å². The van der Waals surface area contributed by atoms with E-state index in [-0.39, 0.29) is 23.5 Å². The molecule has 0 saturated heterocycles. The number of sulfonamides is 1. The second-order valence-electron chi connectivity index (χ2n) is 3.20. The summed E-state index contributed by atoms with van der Waals surface area (Å²) in [5.41, 5.74) is 5.74. The Balaban J connectivity index is 3.15. The fraction of sp³-hybridized carbons (Fsp3) is 0.273. The summed E-state index contributed by atoms with van der Waals surface area (Å²) < 4.78 is 38.2. The fourth-order valence-electron chi connectivity index (χ4n) is 1.09. The molecule has 0 amide bonds. The first-order chi connectivity index (χ1) is 7.98. The molecule has 6 heteroatoms. The molecule has 0 bridgehead atoms. The van der Waals surface area contributed by atoms with E-state index in [4.69, 9.17) is 5.73 Å². The molecule has 0 aliphatic carbocycles. The molecule has 17 heavy (non-hydrogen) atoms. The van der Waals surface area contributed by atoms with Crippen molar-refractivity contribution in [3.8, 4) is 11.8 Å². The molecule has 4 nitrogen and oxygen atoms in total. The summed E-state index contributed by atoms with van der Waals surface area (Å²) in [5, 5.41) is 0. The van der Waals surface area contributed by atoms with E-state index in [1.807, 2.05) is 0 Å². The van der Waals surface area contributed by atoms with Gasteiger partial charge in [-0.2, -0.15) is 0 Å². The lowest BCUT2D eigenvalue weighted by Gasteiger charge is -2.08. The minimum absolute atomic E-state index is 0.0614. The quantitative estimate of drug-likeness (QED) is 0.789. The molecule has 0 aliphatic heterocycles. The lowest BCUT2D eigenvalue weighted by Crippen LogP contribution is -2.15. The Kier molecular flexibility index (Phi) is 4.49. The van der Waals surface area contributed by atoms with Gasteiger partial charge in [0.1, 0.15) is 5.82 Å². The van der Waals surface area contributed by atoms with Gasteiger partial charge in [0.05, 0.1) is 23.5 Å². The molecule has 0 fully saturated rings. The summed E-state index contributed by atoms with van der Waals surface area (Å²) in [6.07, 6.45) is 0. The molecule has 0 aliphatic rings. The third kappa shape index (κ3) is 4.06. The van der Waals surface area contributed by atoms with Crippen LogP contribution in [0.3, 0.4) is 0 Å². The standard InChI is InChI=1S/C11H13FN2O2S/c1-2-17(15,16)14-11-6-5-10(12)8-9(11)4-3-7-13/h5-6,8,14H,2,7,13H2,1H3. The Morgan fingerprint density at radius 3 is 2.76 bits per heavy atom. The summed E-state index contributed by atoms with van der Waals surface area (Å²) in [6.45, 7) is 1.63. The number of benzene rings is 1. The minimum atomic E-state index is -3.40. The number of anilines is 1. The highest BCUT2D eigenvalue weighted by Crippen LogP contribution is 2.17. The third-order valence-corrected chi connectivity index (χ3v) is 3.24. The van der Waals surface area contributed by atoms with Crippen molar-refractivity contribution < 1.29 is 12.8 Å². The van der Waals surface area contributed by atoms with Crippen LogP contribution in [-0.2, 0) is 10.0 Å². The molecule has 0 unspecified atom stereocenters. The second kappa shape index (κ2) is 5.66. The summed E-state index contributed by atoms with van der Waals surface area (Å²) in [6, 6.07) is 3.67. The van der Waals surface area contributed by atoms with Crippen molar-refractivity contribution in [3.05, 3.63) is 29.6 Å². The van der Waals surface area contributed by atoms with E-state index in [0.717, 1.165) is 6.07 Å². The largest absolute Gasteiger partial charge is 0.320 e. The maximum Gasteiger partial charge on any atom is 0.232 e. The molecule has 3 N–H and O–H groups in total. The average molecular weight is 256 g/mol. The zero-order valence-electron chi connectivity index (χ0n) is 9.33. The van der Waals surface area contributed by atoms with Gasteiger partial charge in [-0.1, -0.05) is 11.8 Å². The molecule has 0 atom stereocenters. The minimum Gasteiger partial charge on any atom is -0.320 e. The molecule has 92 valence electrons. The molecule has 0 saturated carbocycles. The van der Waals surface area contributed by atoms with Crippen molar-refractivity contribution in [2.75, 3.05) is 17.0 Å². The predicted molar refractivity (Wildman–Crippen MR) is 65.4 cm³/mol. The van der Waals surface area contributed by atoms with E-state index in [2.05, 4.69) is 16.6 Å². The van der Waals surface area contributed by atoms with Gasteiger partial charge in [-0.3, -0.25) is 4.72 Å². The van der Waals surface area contributed by atoms with Gasteiger partial charge in [-0.25, -0.2) is 12.8 Å². The smallest absolute Gasteiger partial charge is 0.232 e. The Bertz CT molecular complexity index is 559. The van der Waals surface area contributed by atoms with E-state index in [0.29, 0.717) is 0 Å². The fourth-order valence-corrected chi connectivity index (χ4v) is 1.75. The molecule has 1 aromatic rings. The van der Waals surface area contributed by atoms with Crippen LogP contribution in [0.4, 0.5) is 10.1 Å². The van der Waals surface area contributed by atoms with Crippen LogP contribution < -0.4 is 10.5 Å². The van der Waals surface area contributed by atoms with Crippen LogP contribution in [0.2, 0.25) is 0 Å². The number of nitrogens with two attached hydrogens (primary N) is 1. The lowest BCUT2D eigenvalue weighted by molar-refractivity contribution is 0.602. The van der Waals surface area contributed by atoms with Crippen LogP contribution in [0.25, 0.3) is 0 Å². The van der Waals surface area contributed by atoms with E-state index >= 15 is 0 Å². The zero-order valence-corrected chi connectivity index (χ0v) is 10.1. The lowest BCUT2D eigenvalue weighted by atomic mass is 10.2. The van der Waals surface area contributed by atoms with Crippen LogP contribution in [0.5, 0.6) is 0 Å². The Morgan fingerprint density at radius 1 is 1.47 bits per heavy atom. The first-order valence-corrected chi connectivity index (χ1v) is 6.62. The average Bonchev–Trinajstić information content (AvgIpc) is 2.29. The van der Waals surface area contributed by atoms with Crippen LogP contribution in [0.1, 0.15) is 12.5 Å². The predicted octanol–water partition coefficient (Wildman–Crippen LogP) is 0.898. The Hall–Kier alpha value is -1.58. The van der Waals surface area contributed by atoms with E-state index in [1.165, 1.54) is 19.1 Å². The number of halogens is 1. The van der Waals surface area contributed by atoms with Crippen molar-refractivity contribution in [2.24, 2.45) is 5.73 Å². The number of rotatable bonds is 3. The van der Waals surface area contributed by atoms with Gasteiger partial charge >= 0.3 is 0 Å². The molecule has 0 aromatic heterocycles. The molecule has 0 radical (unpaired) electrons. The van der Waals surface area contributed by atoms with E-state index < -0.39 is 15.8 Å². The Morgan fingerprint density at radius 2 is 2.18 bits per heavy atom. The normalized spacial score (nSPS) is 10.5.